The van der Waals surface area contributed by atoms with Crippen LogP contribution in [0.1, 0.15) is 23.0 Å². The van der Waals surface area contributed by atoms with Crippen LogP contribution < -0.4 is 14.9 Å². The molecule has 6 nitrogen and oxygen atoms in total. The average Bonchev–Trinajstić information content (AvgIpc) is 3.08. The van der Waals surface area contributed by atoms with Crippen LogP contribution in [0.3, 0.4) is 0 Å². The summed E-state index contributed by atoms with van der Waals surface area (Å²) >= 11 is 3.45. The molecule has 3 aromatic rings. The van der Waals surface area contributed by atoms with Crippen LogP contribution >= 0.6 is 15.9 Å². The fourth-order valence-corrected chi connectivity index (χ4v) is 2.99. The lowest BCUT2D eigenvalue weighted by molar-refractivity contribution is 0.0929. The van der Waals surface area contributed by atoms with E-state index in [4.69, 9.17) is 13.9 Å². The second kappa shape index (κ2) is 8.05. The molecule has 1 N–H and O–H groups in total. The number of methoxy groups -OCH3 is 1. The highest BCUT2D eigenvalue weighted by molar-refractivity contribution is 9.10. The number of nitrogens with one attached hydrogen (secondary N) is 1. The van der Waals surface area contributed by atoms with Crippen molar-refractivity contribution in [1.29, 1.82) is 0 Å². The van der Waals surface area contributed by atoms with E-state index in [1.54, 1.807) is 25.3 Å². The molecule has 0 aliphatic rings. The first-order valence-electron chi connectivity index (χ1n) is 7.94. The van der Waals surface area contributed by atoms with Gasteiger partial charge in [-0.05, 0) is 52.7 Å². The number of furan rings is 1. The van der Waals surface area contributed by atoms with Gasteiger partial charge >= 0.3 is 5.91 Å². The molecule has 0 fully saturated rings. The fraction of sp³-hybridized carbons (Fsp3) is 0.158. The molecule has 1 aromatic heterocycles. The first-order valence-corrected chi connectivity index (χ1v) is 8.74. The van der Waals surface area contributed by atoms with E-state index in [0.717, 1.165) is 15.4 Å². The molecule has 134 valence electrons. The predicted octanol–water partition coefficient (Wildman–Crippen LogP) is 4.37. The van der Waals surface area contributed by atoms with Crippen molar-refractivity contribution in [3.8, 4) is 11.5 Å². The summed E-state index contributed by atoms with van der Waals surface area (Å²) < 4.78 is 17.1. The van der Waals surface area contributed by atoms with Crippen LogP contribution in [-0.4, -0.2) is 25.8 Å². The Morgan fingerprint density at radius 3 is 2.85 bits per heavy atom. The Hall–Kier alpha value is -2.80. The van der Waals surface area contributed by atoms with Crippen LogP contribution in [-0.2, 0) is 0 Å². The summed E-state index contributed by atoms with van der Waals surface area (Å²) in [6.45, 7) is 2.42. The maximum Gasteiger partial charge on any atom is 0.307 e. The third-order valence-electron chi connectivity index (χ3n) is 3.57. The maximum absolute atomic E-state index is 12.2. The quantitative estimate of drug-likeness (QED) is 0.478. The molecule has 0 saturated carbocycles. The lowest BCUT2D eigenvalue weighted by atomic mass is 10.2. The predicted molar refractivity (Wildman–Crippen MR) is 103 cm³/mol. The topological polar surface area (TPSA) is 73.1 Å². The zero-order valence-electron chi connectivity index (χ0n) is 14.3. The first-order chi connectivity index (χ1) is 12.6. The van der Waals surface area contributed by atoms with Gasteiger partial charge < -0.3 is 13.9 Å². The largest absolute Gasteiger partial charge is 0.493 e. The van der Waals surface area contributed by atoms with E-state index in [0.29, 0.717) is 23.7 Å². The van der Waals surface area contributed by atoms with Crippen LogP contribution in [0.15, 0.2) is 56.5 Å². The van der Waals surface area contributed by atoms with E-state index < -0.39 is 5.91 Å². The highest BCUT2D eigenvalue weighted by Crippen LogP contribution is 2.36. The zero-order chi connectivity index (χ0) is 18.5. The summed E-state index contributed by atoms with van der Waals surface area (Å²) in [7, 11) is 1.56. The Morgan fingerprint density at radius 1 is 1.31 bits per heavy atom. The minimum absolute atomic E-state index is 0.203. The average molecular weight is 417 g/mol. The third-order valence-corrected chi connectivity index (χ3v) is 4.16. The minimum Gasteiger partial charge on any atom is -0.493 e. The fourth-order valence-electron chi connectivity index (χ4n) is 2.41. The normalized spacial score (nSPS) is 11.0. The van der Waals surface area contributed by atoms with Gasteiger partial charge in [0, 0.05) is 5.39 Å². The Bertz CT molecular complexity index is 932. The van der Waals surface area contributed by atoms with Gasteiger partial charge in [0.1, 0.15) is 5.58 Å². The molecule has 0 spiro atoms. The van der Waals surface area contributed by atoms with Crippen LogP contribution in [0.2, 0.25) is 0 Å². The van der Waals surface area contributed by atoms with Crippen LogP contribution in [0.4, 0.5) is 0 Å². The molecule has 26 heavy (non-hydrogen) atoms. The van der Waals surface area contributed by atoms with E-state index in [-0.39, 0.29) is 5.76 Å². The third kappa shape index (κ3) is 3.88. The van der Waals surface area contributed by atoms with Crippen molar-refractivity contribution < 1.29 is 18.7 Å². The van der Waals surface area contributed by atoms with E-state index >= 15 is 0 Å². The first kappa shape index (κ1) is 18.0. The molecule has 3 rings (SSSR count). The molecule has 7 heteroatoms. The Morgan fingerprint density at radius 2 is 2.12 bits per heavy atom. The van der Waals surface area contributed by atoms with E-state index in [1.807, 2.05) is 31.2 Å². The molecular formula is C19H17BrN2O4. The number of hydrogen-bond donors (Lipinski definition) is 1. The van der Waals surface area contributed by atoms with Gasteiger partial charge in [-0.3, -0.25) is 4.79 Å². The van der Waals surface area contributed by atoms with Crippen LogP contribution in [0.25, 0.3) is 11.0 Å². The smallest absolute Gasteiger partial charge is 0.307 e. The molecule has 1 heterocycles. The molecule has 0 unspecified atom stereocenters. The zero-order valence-corrected chi connectivity index (χ0v) is 15.9. The summed E-state index contributed by atoms with van der Waals surface area (Å²) in [5.74, 6) is 0.980. The number of fused-ring (bicyclic) bond motifs is 1. The van der Waals surface area contributed by atoms with Crippen molar-refractivity contribution in [2.24, 2.45) is 5.10 Å². The Labute approximate surface area is 158 Å². The standard InChI is InChI=1S/C19H17BrN2O4/c1-3-25-18-14(20)8-12(9-16(18)24-2)11-21-22-19(23)17-10-13-6-4-5-7-15(13)26-17/h4-11H,3H2,1-2H3,(H,22,23)/b21-11-. The van der Waals surface area contributed by atoms with Crippen molar-refractivity contribution in [3.05, 3.63) is 58.3 Å². The molecule has 1 amide bonds. The number of ether oxygens (including phenoxy) is 2. The SMILES string of the molecule is CCOc1c(Br)cc(/C=N\NC(=O)c2cc3ccccc3o2)cc1OC. The van der Waals surface area contributed by atoms with Gasteiger partial charge in [0.25, 0.3) is 0 Å². The summed E-state index contributed by atoms with van der Waals surface area (Å²) in [6, 6.07) is 12.7. The molecule has 0 radical (unpaired) electrons. The monoisotopic (exact) mass is 416 g/mol. The number of amides is 1. The summed E-state index contributed by atoms with van der Waals surface area (Å²) in [6.07, 6.45) is 1.52. The van der Waals surface area contributed by atoms with Gasteiger partial charge in [0.2, 0.25) is 0 Å². The summed E-state index contributed by atoms with van der Waals surface area (Å²) in [5.41, 5.74) is 3.85. The number of para-hydroxylation sites is 1. The minimum atomic E-state index is -0.422. The Balaban J connectivity index is 1.73. The molecule has 0 atom stereocenters. The number of hydrazone groups is 1. The number of nitrogens with zero attached hydrogens (tertiary/aromatic N) is 1. The maximum atomic E-state index is 12.2. The van der Waals surface area contributed by atoms with Gasteiger partial charge in [0.05, 0.1) is 24.4 Å². The van der Waals surface area contributed by atoms with E-state index in [1.165, 1.54) is 6.21 Å². The number of hydrogen-bond acceptors (Lipinski definition) is 5. The van der Waals surface area contributed by atoms with E-state index in [9.17, 15) is 4.79 Å². The lowest BCUT2D eigenvalue weighted by Crippen LogP contribution is -2.16. The Kier molecular flexibility index (Phi) is 5.58. The highest BCUT2D eigenvalue weighted by Gasteiger charge is 2.12. The molecular weight excluding hydrogens is 400 g/mol. The van der Waals surface area contributed by atoms with Crippen LogP contribution in [0.5, 0.6) is 11.5 Å². The molecule has 0 bridgehead atoms. The van der Waals surface area contributed by atoms with E-state index in [2.05, 4.69) is 26.5 Å². The molecule has 2 aromatic carbocycles. The van der Waals surface area contributed by atoms with Crippen molar-refractivity contribution >= 4 is 39.0 Å². The lowest BCUT2D eigenvalue weighted by Gasteiger charge is -2.11. The number of carbonyl (C=O) groups excluding carboxylic acids is 1. The van der Waals surface area contributed by atoms with Gasteiger partial charge in [-0.15, -0.1) is 0 Å². The van der Waals surface area contributed by atoms with Gasteiger partial charge in [0.15, 0.2) is 17.3 Å². The number of halogens is 1. The van der Waals surface area contributed by atoms with Gasteiger partial charge in [-0.25, -0.2) is 5.43 Å². The van der Waals surface area contributed by atoms with Crippen molar-refractivity contribution in [1.82, 2.24) is 5.43 Å². The number of rotatable bonds is 6. The molecule has 0 aliphatic heterocycles. The molecule has 0 aliphatic carbocycles. The van der Waals surface area contributed by atoms with Crippen molar-refractivity contribution in [3.63, 3.8) is 0 Å². The summed E-state index contributed by atoms with van der Waals surface area (Å²) in [4.78, 5) is 12.2. The van der Waals surface area contributed by atoms with Gasteiger partial charge in [-0.1, -0.05) is 18.2 Å². The van der Waals surface area contributed by atoms with Gasteiger partial charge in [-0.2, -0.15) is 5.10 Å². The highest BCUT2D eigenvalue weighted by atomic mass is 79.9. The number of benzene rings is 2. The van der Waals surface area contributed by atoms with Crippen molar-refractivity contribution in [2.75, 3.05) is 13.7 Å². The number of carbonyl (C=O) groups is 1. The van der Waals surface area contributed by atoms with Crippen molar-refractivity contribution in [2.45, 2.75) is 6.92 Å². The second-order valence-corrected chi connectivity index (χ2v) is 6.17. The summed E-state index contributed by atoms with van der Waals surface area (Å²) in [5, 5.41) is 4.84. The van der Waals surface area contributed by atoms with Crippen LogP contribution in [0, 0.1) is 0 Å². The second-order valence-electron chi connectivity index (χ2n) is 5.31. The molecule has 0 saturated heterocycles.